The van der Waals surface area contributed by atoms with Crippen LogP contribution in [0, 0.1) is 21.7 Å². The van der Waals surface area contributed by atoms with E-state index >= 15 is 0 Å². The van der Waals surface area contributed by atoms with E-state index in [1.165, 1.54) is 0 Å². The van der Waals surface area contributed by atoms with Crippen molar-refractivity contribution in [2.24, 2.45) is 0 Å². The third kappa shape index (κ3) is 4.70. The molecule has 1 fully saturated rings. The van der Waals surface area contributed by atoms with Gasteiger partial charge in [0.05, 0.1) is 10.5 Å². The van der Waals surface area contributed by atoms with Crippen molar-refractivity contribution in [3.8, 4) is 0 Å². The van der Waals surface area contributed by atoms with Crippen LogP contribution in [-0.2, 0) is 5.51 Å². The van der Waals surface area contributed by atoms with Gasteiger partial charge in [-0.15, -0.1) is 13.2 Å². The monoisotopic (exact) mass is 426 g/mol. The molecule has 3 rings (SSSR count). The third-order valence-corrected chi connectivity index (χ3v) is 6.45. The fourth-order valence-electron chi connectivity index (χ4n) is 3.27. The van der Waals surface area contributed by atoms with Crippen molar-refractivity contribution in [2.75, 3.05) is 0 Å². The van der Waals surface area contributed by atoms with Gasteiger partial charge in [0.15, 0.2) is 9.58 Å². The molecular formula is C16H18BrF3O3S. The van der Waals surface area contributed by atoms with Crippen LogP contribution in [0.1, 0.15) is 48.5 Å². The van der Waals surface area contributed by atoms with Gasteiger partial charge in [0.25, 0.3) is 0 Å². The van der Waals surface area contributed by atoms with E-state index in [-0.39, 0.29) is 5.92 Å². The minimum absolute atomic E-state index is 0.125. The highest BCUT2D eigenvalue weighted by molar-refractivity contribution is 7.38. The summed E-state index contributed by atoms with van der Waals surface area (Å²) < 4.78 is 66.7. The predicted molar refractivity (Wildman–Crippen MR) is 78.3 cm³/mol. The molecule has 1 aliphatic rings. The van der Waals surface area contributed by atoms with Crippen molar-refractivity contribution in [2.45, 2.75) is 50.5 Å². The van der Waals surface area contributed by atoms with E-state index in [2.05, 4.69) is 0 Å². The Morgan fingerprint density at radius 1 is 1.08 bits per heavy atom. The first-order valence-electron chi connectivity index (χ1n) is 7.57. The van der Waals surface area contributed by atoms with Crippen LogP contribution in [0.15, 0.2) is 24.3 Å². The Morgan fingerprint density at radius 3 is 2.21 bits per heavy atom. The van der Waals surface area contributed by atoms with E-state index in [1.54, 1.807) is 12.1 Å². The summed E-state index contributed by atoms with van der Waals surface area (Å²) in [6, 6.07) is 7.15. The predicted octanol–water partition coefficient (Wildman–Crippen LogP) is 2.85. The topological polar surface area (TPSA) is 69.2 Å². The highest BCUT2D eigenvalue weighted by atomic mass is 80.0. The molecular weight excluding hydrogens is 409 g/mol. The van der Waals surface area contributed by atoms with Gasteiger partial charge in [0.2, 0.25) is 14.8 Å². The summed E-state index contributed by atoms with van der Waals surface area (Å²) in [5, 5.41) is 0.814. The number of hydrogen-bond acceptors (Lipinski definition) is 3. The van der Waals surface area contributed by atoms with E-state index in [4.69, 9.17) is 12.6 Å². The van der Waals surface area contributed by atoms with Gasteiger partial charge in [0.1, 0.15) is 0 Å². The van der Waals surface area contributed by atoms with E-state index < -0.39 is 30.8 Å². The Hall–Kier alpha value is -0.670. The maximum Gasteiger partial charge on any atom is 0.600 e. The molecule has 1 aromatic carbocycles. The number of rotatable bonds is 1. The molecule has 1 unspecified atom stereocenters. The Kier molecular flexibility index (Phi) is 6.66. The molecule has 0 bridgehead atoms. The number of hydrogen-bond donors (Lipinski definition) is 0. The standard InChI is InChI=1S/C16H18F3S.BrO3/c1-11-6-5-9-14-13(11)10-15(20(14)16(17,18)19)12-7-3-2-4-8-12;2-1(3)4/h5-6,9-10,12H,2-4,7-8H2,1H3;/q+1;-1. The van der Waals surface area contributed by atoms with Gasteiger partial charge in [-0.1, -0.05) is 31.4 Å². The molecule has 1 atom stereocenters. The number of fused-ring (bicyclic) bond motifs is 1. The molecule has 0 radical (unpaired) electrons. The Bertz CT molecular complexity index is 676. The number of alkyl halides is 3. The zero-order chi connectivity index (χ0) is 17.9. The summed E-state index contributed by atoms with van der Waals surface area (Å²) in [4.78, 5) is 0.640. The average Bonchev–Trinajstić information content (AvgIpc) is 2.88. The SMILES string of the molecule is Cc1cccc2c1cc(C1CCCCC1)[s+]2C(F)(F)F.[O-][Br+2]([O-])[O-]. The first kappa shape index (κ1) is 19.7. The lowest BCUT2D eigenvalue weighted by atomic mass is 9.88. The lowest BCUT2D eigenvalue weighted by Crippen LogP contribution is -2.42. The molecule has 1 heterocycles. The molecule has 3 nitrogen and oxygen atoms in total. The fourth-order valence-corrected chi connectivity index (χ4v) is 5.50. The van der Waals surface area contributed by atoms with Crippen LogP contribution in [0.2, 0.25) is 0 Å². The fraction of sp³-hybridized carbons (Fsp3) is 0.500. The summed E-state index contributed by atoms with van der Waals surface area (Å²) in [5.74, 6) is 0.125. The van der Waals surface area contributed by atoms with Crippen molar-refractivity contribution < 1.29 is 40.6 Å². The van der Waals surface area contributed by atoms with Crippen LogP contribution in [0.25, 0.3) is 10.1 Å². The molecule has 24 heavy (non-hydrogen) atoms. The Balaban J connectivity index is 0.000000471. The number of benzene rings is 1. The summed E-state index contributed by atoms with van der Waals surface area (Å²) in [6.45, 7) is 1.90. The van der Waals surface area contributed by atoms with Crippen LogP contribution >= 0.6 is 10.5 Å². The number of aryl methyl sites for hydroxylation is 1. The second kappa shape index (κ2) is 8.14. The largest absolute Gasteiger partial charge is 0.600 e. The molecule has 2 aromatic rings. The minimum atomic E-state index is -4.15. The van der Waals surface area contributed by atoms with Crippen molar-refractivity contribution in [3.05, 3.63) is 34.7 Å². The maximum absolute atomic E-state index is 13.5. The summed E-state index contributed by atoms with van der Waals surface area (Å²) in [7, 11) is -1.70. The zero-order valence-electron chi connectivity index (χ0n) is 13.1. The van der Waals surface area contributed by atoms with E-state index in [0.717, 1.165) is 43.1 Å². The third-order valence-electron chi connectivity index (χ3n) is 4.27. The summed E-state index contributed by atoms with van der Waals surface area (Å²) in [6.07, 6.45) is 5.12. The van der Waals surface area contributed by atoms with Gasteiger partial charge < -0.3 is 12.6 Å². The molecule has 8 heteroatoms. The van der Waals surface area contributed by atoms with E-state index in [0.29, 0.717) is 9.58 Å². The first-order chi connectivity index (χ1) is 11.2. The van der Waals surface area contributed by atoms with Crippen LogP contribution < -0.4 is 12.6 Å². The lowest BCUT2D eigenvalue weighted by molar-refractivity contribution is -1.73. The Labute approximate surface area is 146 Å². The molecule has 0 spiro atoms. The molecule has 0 saturated heterocycles. The van der Waals surface area contributed by atoms with Crippen LogP contribution in [-0.4, -0.2) is 0 Å². The second-order valence-electron chi connectivity index (χ2n) is 5.81. The van der Waals surface area contributed by atoms with Gasteiger partial charge in [-0.2, -0.15) is 0 Å². The van der Waals surface area contributed by atoms with Crippen molar-refractivity contribution in [3.63, 3.8) is 0 Å². The van der Waals surface area contributed by atoms with E-state index in [9.17, 15) is 13.2 Å². The van der Waals surface area contributed by atoms with Gasteiger partial charge in [-0.3, -0.25) is 0 Å². The first-order valence-corrected chi connectivity index (χ1v) is 10.7. The van der Waals surface area contributed by atoms with Crippen molar-refractivity contribution in [1.29, 1.82) is 0 Å². The normalized spacial score (nSPS) is 17.1. The van der Waals surface area contributed by atoms with Gasteiger partial charge in [0, 0.05) is 17.4 Å². The number of thiophene rings is 1. The van der Waals surface area contributed by atoms with Crippen LogP contribution in [0.3, 0.4) is 0 Å². The molecule has 0 aliphatic heterocycles. The van der Waals surface area contributed by atoms with E-state index in [1.807, 2.05) is 19.1 Å². The summed E-state index contributed by atoms with van der Waals surface area (Å²) >= 11 is -3.65. The average molecular weight is 427 g/mol. The molecule has 134 valence electrons. The van der Waals surface area contributed by atoms with Crippen LogP contribution in [0.4, 0.5) is 13.2 Å². The van der Waals surface area contributed by atoms with Gasteiger partial charge in [-0.05, 0) is 31.4 Å². The second-order valence-corrected chi connectivity index (χ2v) is 8.59. The minimum Gasteiger partial charge on any atom is -0.405 e. The maximum atomic E-state index is 13.5. The summed E-state index contributed by atoms with van der Waals surface area (Å²) in [5.41, 5.74) is -3.20. The Morgan fingerprint density at radius 2 is 1.67 bits per heavy atom. The lowest BCUT2D eigenvalue weighted by Gasteiger charge is -2.18. The smallest absolute Gasteiger partial charge is 0.405 e. The van der Waals surface area contributed by atoms with Crippen molar-refractivity contribution in [1.82, 2.24) is 0 Å². The zero-order valence-corrected chi connectivity index (χ0v) is 15.5. The van der Waals surface area contributed by atoms with Gasteiger partial charge in [-0.25, -0.2) is 0 Å². The number of halogens is 4. The molecule has 0 N–H and O–H groups in total. The molecule has 1 aliphatic carbocycles. The highest BCUT2D eigenvalue weighted by Crippen LogP contribution is 2.55. The van der Waals surface area contributed by atoms with Crippen molar-refractivity contribution >= 4 is 20.6 Å². The highest BCUT2D eigenvalue weighted by Gasteiger charge is 2.49. The molecule has 1 aromatic heterocycles. The molecule has 0 amide bonds. The van der Waals surface area contributed by atoms with Crippen LogP contribution in [0.5, 0.6) is 0 Å². The molecule has 1 saturated carbocycles. The van der Waals surface area contributed by atoms with Gasteiger partial charge >= 0.3 is 5.51 Å². The quantitative estimate of drug-likeness (QED) is 0.658.